The largest absolute Gasteiger partial charge is 0.346 e. The van der Waals surface area contributed by atoms with Gasteiger partial charge in [0.1, 0.15) is 0 Å². The lowest BCUT2D eigenvalue weighted by molar-refractivity contribution is -0.107. The smallest absolute Gasteiger partial charge is 0.222 e. The van der Waals surface area contributed by atoms with Crippen molar-refractivity contribution in [2.24, 2.45) is 0 Å². The first-order valence-corrected chi connectivity index (χ1v) is 5.59. The van der Waals surface area contributed by atoms with Crippen LogP contribution in [0.3, 0.4) is 0 Å². The van der Waals surface area contributed by atoms with Crippen molar-refractivity contribution in [2.75, 3.05) is 13.2 Å². The molecule has 0 atom stereocenters. The van der Waals surface area contributed by atoms with Crippen molar-refractivity contribution in [2.45, 2.75) is 20.1 Å². The van der Waals surface area contributed by atoms with Crippen molar-refractivity contribution in [3.05, 3.63) is 34.9 Å². The lowest BCUT2D eigenvalue weighted by atomic mass is 10.1. The Morgan fingerprint density at radius 3 is 2.12 bits per heavy atom. The quantitative estimate of drug-likeness (QED) is 0.568. The summed E-state index contributed by atoms with van der Waals surface area (Å²) in [6.07, 6.45) is -0.823. The van der Waals surface area contributed by atoms with Gasteiger partial charge in [-0.05, 0) is 38.1 Å². The average molecular weight is 243 g/mol. The molecule has 0 saturated carbocycles. The molecular weight excluding hydrogens is 228 g/mol. The molecule has 0 unspecified atom stereocenters. The van der Waals surface area contributed by atoms with Gasteiger partial charge >= 0.3 is 0 Å². The fourth-order valence-corrected chi connectivity index (χ4v) is 1.38. The third kappa shape index (κ3) is 3.59. The zero-order chi connectivity index (χ0) is 12.0. The predicted octanol–water partition coefficient (Wildman–Crippen LogP) is 2.92. The van der Waals surface area contributed by atoms with Crippen LogP contribution in [0.15, 0.2) is 24.3 Å². The van der Waals surface area contributed by atoms with E-state index in [4.69, 9.17) is 21.1 Å². The SMILES string of the molecule is CCOC(OCC)C(=O)c1ccc(Cl)cc1. The van der Waals surface area contributed by atoms with Gasteiger partial charge in [0.05, 0.1) is 0 Å². The molecule has 0 aliphatic heterocycles. The minimum atomic E-state index is -0.823. The van der Waals surface area contributed by atoms with Crippen LogP contribution in [0.25, 0.3) is 0 Å². The Balaban J connectivity index is 2.77. The number of hydrogen-bond donors (Lipinski definition) is 0. The van der Waals surface area contributed by atoms with Crippen LogP contribution < -0.4 is 0 Å². The van der Waals surface area contributed by atoms with E-state index in [2.05, 4.69) is 0 Å². The lowest BCUT2D eigenvalue weighted by Crippen LogP contribution is -2.27. The summed E-state index contributed by atoms with van der Waals surface area (Å²) in [6, 6.07) is 6.67. The molecule has 3 nitrogen and oxygen atoms in total. The maximum Gasteiger partial charge on any atom is 0.222 e. The van der Waals surface area contributed by atoms with Gasteiger partial charge in [0, 0.05) is 23.8 Å². The number of halogens is 1. The highest BCUT2D eigenvalue weighted by molar-refractivity contribution is 6.30. The van der Waals surface area contributed by atoms with Crippen LogP contribution in [-0.2, 0) is 9.47 Å². The summed E-state index contributed by atoms with van der Waals surface area (Å²) >= 11 is 5.74. The summed E-state index contributed by atoms with van der Waals surface area (Å²) in [7, 11) is 0. The molecule has 0 aromatic heterocycles. The summed E-state index contributed by atoms with van der Waals surface area (Å²) in [5.74, 6) is -0.180. The molecule has 0 radical (unpaired) electrons. The molecule has 0 spiro atoms. The number of benzene rings is 1. The number of carbonyl (C=O) groups is 1. The first-order valence-electron chi connectivity index (χ1n) is 5.22. The van der Waals surface area contributed by atoms with Crippen LogP contribution in [0.4, 0.5) is 0 Å². The summed E-state index contributed by atoms with van der Waals surface area (Å²) in [4.78, 5) is 11.9. The Bertz CT molecular complexity index is 329. The summed E-state index contributed by atoms with van der Waals surface area (Å²) in [5.41, 5.74) is 0.538. The van der Waals surface area contributed by atoms with Gasteiger partial charge in [0.25, 0.3) is 0 Å². The van der Waals surface area contributed by atoms with E-state index in [0.29, 0.717) is 23.8 Å². The number of ether oxygens (including phenoxy) is 2. The van der Waals surface area contributed by atoms with E-state index >= 15 is 0 Å². The van der Waals surface area contributed by atoms with E-state index in [-0.39, 0.29) is 5.78 Å². The second-order valence-electron chi connectivity index (χ2n) is 3.11. The number of rotatable bonds is 6. The van der Waals surface area contributed by atoms with Gasteiger partial charge in [-0.2, -0.15) is 0 Å². The van der Waals surface area contributed by atoms with Crippen LogP contribution in [0, 0.1) is 0 Å². The van der Waals surface area contributed by atoms with Crippen LogP contribution in [0.1, 0.15) is 24.2 Å². The Labute approximate surface area is 100 Å². The van der Waals surface area contributed by atoms with Gasteiger partial charge in [-0.25, -0.2) is 0 Å². The first kappa shape index (κ1) is 13.2. The second-order valence-corrected chi connectivity index (χ2v) is 3.55. The molecular formula is C12H15ClO3. The van der Waals surface area contributed by atoms with Gasteiger partial charge in [-0.3, -0.25) is 4.79 Å². The second kappa shape index (κ2) is 6.63. The van der Waals surface area contributed by atoms with Crippen molar-refractivity contribution in [3.8, 4) is 0 Å². The van der Waals surface area contributed by atoms with Crippen LogP contribution >= 0.6 is 11.6 Å². The van der Waals surface area contributed by atoms with E-state index in [1.165, 1.54) is 0 Å². The molecule has 1 aromatic rings. The van der Waals surface area contributed by atoms with Gasteiger partial charge in [-0.1, -0.05) is 11.6 Å². The van der Waals surface area contributed by atoms with Gasteiger partial charge in [-0.15, -0.1) is 0 Å². The van der Waals surface area contributed by atoms with Crippen molar-refractivity contribution in [3.63, 3.8) is 0 Å². The lowest BCUT2D eigenvalue weighted by Gasteiger charge is -2.15. The van der Waals surface area contributed by atoms with Crippen molar-refractivity contribution >= 4 is 17.4 Å². The molecule has 4 heteroatoms. The van der Waals surface area contributed by atoms with E-state index in [1.807, 2.05) is 13.8 Å². The molecule has 0 aliphatic rings. The van der Waals surface area contributed by atoms with Crippen LogP contribution in [0.2, 0.25) is 5.02 Å². The summed E-state index contributed by atoms with van der Waals surface area (Å²) < 4.78 is 10.4. The van der Waals surface area contributed by atoms with Crippen molar-refractivity contribution in [1.82, 2.24) is 0 Å². The maximum absolute atomic E-state index is 11.9. The maximum atomic E-state index is 11.9. The minimum absolute atomic E-state index is 0.180. The zero-order valence-corrected chi connectivity index (χ0v) is 10.2. The summed E-state index contributed by atoms with van der Waals surface area (Å²) in [5, 5.41) is 0.598. The molecule has 88 valence electrons. The normalized spacial score (nSPS) is 10.8. The highest BCUT2D eigenvalue weighted by atomic mass is 35.5. The first-order chi connectivity index (χ1) is 7.69. The van der Waals surface area contributed by atoms with E-state index < -0.39 is 6.29 Å². The molecule has 0 fully saturated rings. The molecule has 0 heterocycles. The highest BCUT2D eigenvalue weighted by Crippen LogP contribution is 2.13. The number of hydrogen-bond acceptors (Lipinski definition) is 3. The number of ketones is 1. The fraction of sp³-hybridized carbons (Fsp3) is 0.417. The molecule has 0 saturated heterocycles. The number of carbonyl (C=O) groups excluding carboxylic acids is 1. The van der Waals surface area contributed by atoms with E-state index in [1.54, 1.807) is 24.3 Å². The third-order valence-electron chi connectivity index (χ3n) is 1.98. The minimum Gasteiger partial charge on any atom is -0.346 e. The van der Waals surface area contributed by atoms with Crippen LogP contribution in [-0.4, -0.2) is 25.3 Å². The molecule has 0 N–H and O–H groups in total. The summed E-state index contributed by atoms with van der Waals surface area (Å²) in [6.45, 7) is 4.51. The van der Waals surface area contributed by atoms with E-state index in [9.17, 15) is 4.79 Å². The standard InChI is InChI=1S/C12H15ClO3/c1-3-15-12(16-4-2)11(14)9-5-7-10(13)8-6-9/h5-8,12H,3-4H2,1-2H3. The molecule has 0 bridgehead atoms. The number of Topliss-reactive ketones (excluding diaryl/α,β-unsaturated/α-hetero) is 1. The molecule has 0 aliphatic carbocycles. The van der Waals surface area contributed by atoms with Crippen LogP contribution in [0.5, 0.6) is 0 Å². The van der Waals surface area contributed by atoms with Gasteiger partial charge in [0.2, 0.25) is 12.1 Å². The fourth-order valence-electron chi connectivity index (χ4n) is 1.25. The Hall–Kier alpha value is -0.900. The molecule has 1 rings (SSSR count). The highest BCUT2D eigenvalue weighted by Gasteiger charge is 2.20. The Morgan fingerprint density at radius 2 is 1.69 bits per heavy atom. The predicted molar refractivity (Wildman–Crippen MR) is 62.8 cm³/mol. The molecule has 16 heavy (non-hydrogen) atoms. The third-order valence-corrected chi connectivity index (χ3v) is 2.23. The van der Waals surface area contributed by atoms with E-state index in [0.717, 1.165) is 0 Å². The van der Waals surface area contributed by atoms with Crippen molar-refractivity contribution < 1.29 is 14.3 Å². The Kier molecular flexibility index (Phi) is 5.46. The van der Waals surface area contributed by atoms with Gasteiger partial charge in [0.15, 0.2) is 0 Å². The van der Waals surface area contributed by atoms with Crippen molar-refractivity contribution in [1.29, 1.82) is 0 Å². The molecule has 1 aromatic carbocycles. The van der Waals surface area contributed by atoms with Gasteiger partial charge < -0.3 is 9.47 Å². The Morgan fingerprint density at radius 1 is 1.19 bits per heavy atom. The average Bonchev–Trinajstić information content (AvgIpc) is 2.29. The monoisotopic (exact) mass is 242 g/mol. The zero-order valence-electron chi connectivity index (χ0n) is 9.40. The molecule has 0 amide bonds. The topological polar surface area (TPSA) is 35.5 Å².